The summed E-state index contributed by atoms with van der Waals surface area (Å²) in [6, 6.07) is 2.70. The molecule has 0 aliphatic rings. The molecule has 1 rings (SSSR count). The maximum atomic E-state index is 11.5. The maximum absolute atomic E-state index is 11.5. The summed E-state index contributed by atoms with van der Waals surface area (Å²) in [5.74, 6) is -0.457. The molecule has 0 fully saturated rings. The molecule has 0 aliphatic heterocycles. The van der Waals surface area contributed by atoms with E-state index in [9.17, 15) is 14.4 Å². The molecule has 0 aliphatic carbocycles. The number of hydrogen-bond acceptors (Lipinski definition) is 3. The molecule has 1 aromatic rings. The van der Waals surface area contributed by atoms with Crippen LogP contribution in [-0.4, -0.2) is 30.4 Å². The van der Waals surface area contributed by atoms with Crippen molar-refractivity contribution < 1.29 is 9.59 Å². The van der Waals surface area contributed by atoms with E-state index in [4.69, 9.17) is 0 Å². The topological polar surface area (TPSA) is 91.1 Å². The van der Waals surface area contributed by atoms with Gasteiger partial charge < -0.3 is 15.6 Å². The highest BCUT2D eigenvalue weighted by Gasteiger charge is 2.05. The third kappa shape index (κ3) is 3.56. The number of pyridine rings is 1. The van der Waals surface area contributed by atoms with Gasteiger partial charge in [-0.1, -0.05) is 0 Å². The van der Waals surface area contributed by atoms with Crippen molar-refractivity contribution in [1.29, 1.82) is 0 Å². The summed E-state index contributed by atoms with van der Waals surface area (Å²) in [6.45, 7) is 0.262. The van der Waals surface area contributed by atoms with Gasteiger partial charge >= 0.3 is 0 Å². The minimum Gasteiger partial charge on any atom is -0.359 e. The van der Waals surface area contributed by atoms with Crippen LogP contribution < -0.4 is 16.2 Å². The summed E-state index contributed by atoms with van der Waals surface area (Å²) in [7, 11) is 1.53. The minimum atomic E-state index is -0.319. The van der Waals surface area contributed by atoms with Gasteiger partial charge in [-0.05, 0) is 6.07 Å². The van der Waals surface area contributed by atoms with Crippen LogP contribution in [0.25, 0.3) is 0 Å². The van der Waals surface area contributed by atoms with Crippen LogP contribution in [-0.2, 0) is 4.79 Å². The van der Waals surface area contributed by atoms with Gasteiger partial charge in [-0.3, -0.25) is 14.4 Å². The van der Waals surface area contributed by atoms with E-state index in [0.717, 1.165) is 0 Å². The number of hydrogen-bond donors (Lipinski definition) is 3. The first-order chi connectivity index (χ1) is 7.63. The van der Waals surface area contributed by atoms with E-state index in [1.54, 1.807) is 0 Å². The number of carbonyl (C=O) groups excluding carboxylic acids is 2. The molecule has 0 atom stereocenters. The average molecular weight is 223 g/mol. The fraction of sp³-hybridized carbons (Fsp3) is 0.300. The predicted octanol–water partition coefficient (Wildman–Crippen LogP) is -0.759. The molecule has 0 bridgehead atoms. The molecule has 16 heavy (non-hydrogen) atoms. The van der Waals surface area contributed by atoms with Crippen LogP contribution in [0.3, 0.4) is 0 Å². The number of aromatic nitrogens is 1. The largest absolute Gasteiger partial charge is 0.359 e. The van der Waals surface area contributed by atoms with Crippen LogP contribution in [0.5, 0.6) is 0 Å². The van der Waals surface area contributed by atoms with Gasteiger partial charge in [-0.15, -0.1) is 0 Å². The number of H-pyrrole nitrogens is 1. The van der Waals surface area contributed by atoms with Crippen molar-refractivity contribution in [2.75, 3.05) is 13.6 Å². The summed E-state index contributed by atoms with van der Waals surface area (Å²) < 4.78 is 0. The van der Waals surface area contributed by atoms with Crippen LogP contribution >= 0.6 is 0 Å². The Kier molecular flexibility index (Phi) is 4.26. The fourth-order valence-electron chi connectivity index (χ4n) is 1.07. The van der Waals surface area contributed by atoms with E-state index < -0.39 is 0 Å². The van der Waals surface area contributed by atoms with Crippen molar-refractivity contribution in [1.82, 2.24) is 15.6 Å². The molecule has 0 spiro atoms. The Morgan fingerprint density at radius 3 is 2.69 bits per heavy atom. The van der Waals surface area contributed by atoms with Crippen LogP contribution in [0.4, 0.5) is 0 Å². The molecule has 0 saturated heterocycles. The Bertz CT molecular complexity index is 419. The van der Waals surface area contributed by atoms with Crippen LogP contribution in [0.15, 0.2) is 23.1 Å². The van der Waals surface area contributed by atoms with Gasteiger partial charge in [0, 0.05) is 32.3 Å². The fourth-order valence-corrected chi connectivity index (χ4v) is 1.07. The second-order valence-electron chi connectivity index (χ2n) is 3.12. The van der Waals surface area contributed by atoms with Gasteiger partial charge in [0.15, 0.2) is 0 Å². The number of rotatable bonds is 4. The van der Waals surface area contributed by atoms with Crippen molar-refractivity contribution in [3.63, 3.8) is 0 Å². The van der Waals surface area contributed by atoms with Crippen molar-refractivity contribution in [3.05, 3.63) is 34.2 Å². The predicted molar refractivity (Wildman–Crippen MR) is 58.1 cm³/mol. The zero-order chi connectivity index (χ0) is 12.0. The smallest absolute Gasteiger partial charge is 0.252 e. The van der Waals surface area contributed by atoms with E-state index in [-0.39, 0.29) is 30.3 Å². The van der Waals surface area contributed by atoms with Crippen molar-refractivity contribution in [2.24, 2.45) is 0 Å². The number of nitrogens with one attached hydrogen (secondary N) is 3. The lowest BCUT2D eigenvalue weighted by Crippen LogP contribution is -2.29. The molecule has 6 nitrogen and oxygen atoms in total. The molecule has 2 amide bonds. The lowest BCUT2D eigenvalue weighted by atomic mass is 10.2. The minimum absolute atomic E-state index is 0.137. The summed E-state index contributed by atoms with van der Waals surface area (Å²) in [6.07, 6.45) is 1.56. The standard InChI is InChI=1S/C10H13N3O3/c1-11-8(14)4-5-12-10(16)7-2-3-9(15)13-6-7/h2-3,6H,4-5H2,1H3,(H,11,14)(H,12,16)(H,13,15). The van der Waals surface area contributed by atoms with Gasteiger partial charge in [0.2, 0.25) is 11.5 Å². The number of carbonyl (C=O) groups is 2. The molecule has 86 valence electrons. The Morgan fingerprint density at radius 2 is 2.12 bits per heavy atom. The third-order valence-electron chi connectivity index (χ3n) is 1.96. The van der Waals surface area contributed by atoms with E-state index in [1.165, 1.54) is 25.4 Å². The molecular formula is C10H13N3O3. The Hall–Kier alpha value is -2.11. The lowest BCUT2D eigenvalue weighted by molar-refractivity contribution is -0.120. The van der Waals surface area contributed by atoms with Gasteiger partial charge in [0.1, 0.15) is 0 Å². The first kappa shape index (κ1) is 12.0. The van der Waals surface area contributed by atoms with Crippen LogP contribution in [0.2, 0.25) is 0 Å². The molecule has 0 radical (unpaired) electrons. The molecule has 0 aromatic carbocycles. The average Bonchev–Trinajstić information content (AvgIpc) is 2.29. The Morgan fingerprint density at radius 1 is 1.38 bits per heavy atom. The zero-order valence-corrected chi connectivity index (χ0v) is 8.87. The zero-order valence-electron chi connectivity index (χ0n) is 8.87. The van der Waals surface area contributed by atoms with Gasteiger partial charge in [-0.2, -0.15) is 0 Å². The summed E-state index contributed by atoms with van der Waals surface area (Å²) >= 11 is 0. The SMILES string of the molecule is CNC(=O)CCNC(=O)c1ccc(=O)[nH]c1. The van der Waals surface area contributed by atoms with E-state index in [2.05, 4.69) is 15.6 Å². The molecule has 0 unspecified atom stereocenters. The summed E-state index contributed by atoms with van der Waals surface area (Å²) in [5.41, 5.74) is 0.0958. The van der Waals surface area contributed by atoms with Crippen LogP contribution in [0, 0.1) is 0 Å². The highest BCUT2D eigenvalue weighted by Crippen LogP contribution is 1.92. The third-order valence-corrected chi connectivity index (χ3v) is 1.96. The number of amides is 2. The van der Waals surface area contributed by atoms with Gasteiger partial charge in [-0.25, -0.2) is 0 Å². The molecule has 3 N–H and O–H groups in total. The van der Waals surface area contributed by atoms with Gasteiger partial charge in [0.05, 0.1) is 5.56 Å². The first-order valence-corrected chi connectivity index (χ1v) is 4.81. The highest BCUT2D eigenvalue weighted by molar-refractivity contribution is 5.94. The van der Waals surface area contributed by atoms with Crippen molar-refractivity contribution in [3.8, 4) is 0 Å². The second kappa shape index (κ2) is 5.69. The van der Waals surface area contributed by atoms with E-state index >= 15 is 0 Å². The quantitative estimate of drug-likeness (QED) is 0.626. The summed E-state index contributed by atoms with van der Waals surface area (Å²) in [5, 5.41) is 5.01. The maximum Gasteiger partial charge on any atom is 0.252 e. The second-order valence-corrected chi connectivity index (χ2v) is 3.12. The molecular weight excluding hydrogens is 210 g/mol. The molecule has 0 saturated carbocycles. The molecule has 1 heterocycles. The Labute approximate surface area is 92.1 Å². The molecule has 6 heteroatoms. The normalized spacial score (nSPS) is 9.56. The highest BCUT2D eigenvalue weighted by atomic mass is 16.2. The van der Waals surface area contributed by atoms with E-state index in [1.807, 2.05) is 0 Å². The lowest BCUT2D eigenvalue weighted by Gasteiger charge is -2.03. The monoisotopic (exact) mass is 223 g/mol. The van der Waals surface area contributed by atoms with Crippen molar-refractivity contribution in [2.45, 2.75) is 6.42 Å². The van der Waals surface area contributed by atoms with E-state index in [0.29, 0.717) is 5.56 Å². The van der Waals surface area contributed by atoms with Crippen LogP contribution in [0.1, 0.15) is 16.8 Å². The summed E-state index contributed by atoms with van der Waals surface area (Å²) in [4.78, 5) is 35.5. The first-order valence-electron chi connectivity index (χ1n) is 4.81. The van der Waals surface area contributed by atoms with Gasteiger partial charge in [0.25, 0.3) is 5.91 Å². The molecule has 1 aromatic heterocycles. The van der Waals surface area contributed by atoms with Crippen molar-refractivity contribution >= 4 is 11.8 Å². The number of aromatic amines is 1. The Balaban J connectivity index is 2.44.